The number of carbonyl (C=O) groups excluding carboxylic acids is 3. The van der Waals surface area contributed by atoms with E-state index in [2.05, 4.69) is 26.6 Å². The Balaban J connectivity index is 2.32. The van der Waals surface area contributed by atoms with Gasteiger partial charge in [0.2, 0.25) is 0 Å². The lowest BCUT2D eigenvalue weighted by Gasteiger charge is -2.15. The third-order valence-corrected chi connectivity index (χ3v) is 3.36. The maximum Gasteiger partial charge on any atom is 0.308 e. The molecule has 1 atom stereocenters. The summed E-state index contributed by atoms with van der Waals surface area (Å²) in [6, 6.07) is 6.86. The lowest BCUT2D eigenvalue weighted by molar-refractivity contribution is -0.154. The number of carbonyl (C=O) groups is 3. The summed E-state index contributed by atoms with van der Waals surface area (Å²) in [6.45, 7) is 5.30. The van der Waals surface area contributed by atoms with Gasteiger partial charge in [0.1, 0.15) is 0 Å². The molecule has 6 nitrogen and oxygen atoms in total. The summed E-state index contributed by atoms with van der Waals surface area (Å²) in [7, 11) is 0. The standard InChI is InChI=1S/C16H21BrN2O4/c1-10(2)19-15(21)11(3)23-14(20)8-9-18-16(22)12-4-6-13(17)7-5-12/h4-7,10-11H,8-9H2,1-3H3,(H,18,22)(H,19,21)/t11-/m1/s1. The highest BCUT2D eigenvalue weighted by Crippen LogP contribution is 2.10. The van der Waals surface area contributed by atoms with Crippen LogP contribution in [0.1, 0.15) is 37.6 Å². The van der Waals surface area contributed by atoms with Gasteiger partial charge in [-0.1, -0.05) is 15.9 Å². The number of esters is 1. The fraction of sp³-hybridized carbons (Fsp3) is 0.438. The van der Waals surface area contributed by atoms with E-state index in [1.54, 1.807) is 24.3 Å². The zero-order valence-electron chi connectivity index (χ0n) is 13.4. The Kier molecular flexibility index (Phi) is 7.74. The second-order valence-electron chi connectivity index (χ2n) is 5.31. The van der Waals surface area contributed by atoms with Gasteiger partial charge >= 0.3 is 5.97 Å². The number of rotatable bonds is 7. The Hall–Kier alpha value is -1.89. The summed E-state index contributed by atoms with van der Waals surface area (Å²) in [5.41, 5.74) is 0.506. The quantitative estimate of drug-likeness (QED) is 0.704. The molecule has 0 radical (unpaired) electrons. The van der Waals surface area contributed by atoms with Crippen molar-refractivity contribution in [1.29, 1.82) is 0 Å². The van der Waals surface area contributed by atoms with Crippen molar-refractivity contribution < 1.29 is 19.1 Å². The van der Waals surface area contributed by atoms with Gasteiger partial charge in [-0.15, -0.1) is 0 Å². The van der Waals surface area contributed by atoms with E-state index in [0.717, 1.165) is 4.47 Å². The molecular formula is C16H21BrN2O4. The Morgan fingerprint density at radius 2 is 1.74 bits per heavy atom. The zero-order chi connectivity index (χ0) is 17.4. The molecule has 1 aromatic rings. The second kappa shape index (κ2) is 9.29. The molecule has 0 aliphatic carbocycles. The molecule has 0 aromatic heterocycles. The van der Waals surface area contributed by atoms with Crippen LogP contribution in [0.5, 0.6) is 0 Å². The smallest absolute Gasteiger partial charge is 0.308 e. The van der Waals surface area contributed by atoms with Crippen molar-refractivity contribution in [3.8, 4) is 0 Å². The molecule has 2 amide bonds. The van der Waals surface area contributed by atoms with E-state index in [1.165, 1.54) is 6.92 Å². The fourth-order valence-electron chi connectivity index (χ4n) is 1.69. The molecule has 0 aliphatic heterocycles. The zero-order valence-corrected chi connectivity index (χ0v) is 15.0. The highest BCUT2D eigenvalue weighted by Gasteiger charge is 2.18. The third kappa shape index (κ3) is 7.27. The van der Waals surface area contributed by atoms with Crippen LogP contribution in [-0.4, -0.2) is 36.5 Å². The monoisotopic (exact) mass is 384 g/mol. The van der Waals surface area contributed by atoms with Crippen molar-refractivity contribution in [3.05, 3.63) is 34.3 Å². The summed E-state index contributed by atoms with van der Waals surface area (Å²) < 4.78 is 5.89. The third-order valence-electron chi connectivity index (χ3n) is 2.83. The molecule has 7 heteroatoms. The first-order chi connectivity index (χ1) is 10.8. The number of halogens is 1. The Morgan fingerprint density at radius 3 is 2.30 bits per heavy atom. The van der Waals surface area contributed by atoms with Crippen LogP contribution in [0.2, 0.25) is 0 Å². The van der Waals surface area contributed by atoms with Crippen LogP contribution in [0.3, 0.4) is 0 Å². The molecule has 23 heavy (non-hydrogen) atoms. The maximum absolute atomic E-state index is 11.8. The Bertz CT molecular complexity index is 558. The summed E-state index contributed by atoms with van der Waals surface area (Å²) in [5, 5.41) is 5.29. The van der Waals surface area contributed by atoms with Gasteiger partial charge in [0.25, 0.3) is 11.8 Å². The molecule has 0 heterocycles. The highest BCUT2D eigenvalue weighted by molar-refractivity contribution is 9.10. The highest BCUT2D eigenvalue weighted by atomic mass is 79.9. The van der Waals surface area contributed by atoms with E-state index in [1.807, 2.05) is 13.8 Å². The van der Waals surface area contributed by atoms with Gasteiger partial charge in [-0.2, -0.15) is 0 Å². The fourth-order valence-corrected chi connectivity index (χ4v) is 1.96. The normalized spacial score (nSPS) is 11.7. The molecule has 2 N–H and O–H groups in total. The minimum atomic E-state index is -0.855. The van der Waals surface area contributed by atoms with Gasteiger partial charge in [-0.3, -0.25) is 14.4 Å². The predicted molar refractivity (Wildman–Crippen MR) is 89.9 cm³/mol. The average molecular weight is 385 g/mol. The van der Waals surface area contributed by atoms with Crippen LogP contribution in [-0.2, 0) is 14.3 Å². The molecule has 0 saturated heterocycles. The first-order valence-corrected chi connectivity index (χ1v) is 8.12. The van der Waals surface area contributed by atoms with Gasteiger partial charge in [0, 0.05) is 22.6 Å². The maximum atomic E-state index is 11.8. The van der Waals surface area contributed by atoms with E-state index in [-0.39, 0.29) is 30.8 Å². The van der Waals surface area contributed by atoms with Crippen LogP contribution in [0, 0.1) is 0 Å². The van der Waals surface area contributed by atoms with Crippen LogP contribution < -0.4 is 10.6 Å². The molecule has 126 valence electrons. The molecule has 1 rings (SSSR count). The number of ether oxygens (including phenoxy) is 1. The summed E-state index contributed by atoms with van der Waals surface area (Å²) >= 11 is 3.29. The Labute approximate surface area is 144 Å². The lowest BCUT2D eigenvalue weighted by atomic mass is 10.2. The second-order valence-corrected chi connectivity index (χ2v) is 6.22. The average Bonchev–Trinajstić information content (AvgIpc) is 2.46. The lowest BCUT2D eigenvalue weighted by Crippen LogP contribution is -2.39. The molecule has 1 aromatic carbocycles. The van der Waals surface area contributed by atoms with Crippen molar-refractivity contribution >= 4 is 33.7 Å². The Morgan fingerprint density at radius 1 is 1.13 bits per heavy atom. The molecule has 0 fully saturated rings. The number of hydrogen-bond donors (Lipinski definition) is 2. The van der Waals surface area contributed by atoms with Crippen LogP contribution in [0.25, 0.3) is 0 Å². The number of hydrogen-bond acceptors (Lipinski definition) is 4. The van der Waals surface area contributed by atoms with Gasteiger partial charge in [0.05, 0.1) is 6.42 Å². The summed E-state index contributed by atoms with van der Waals surface area (Å²) in [4.78, 5) is 35.1. The van der Waals surface area contributed by atoms with E-state index < -0.39 is 12.1 Å². The molecule has 0 unspecified atom stereocenters. The summed E-state index contributed by atoms with van der Waals surface area (Å²) in [6.07, 6.45) is -0.853. The number of nitrogens with one attached hydrogen (secondary N) is 2. The number of amides is 2. The van der Waals surface area contributed by atoms with E-state index in [4.69, 9.17) is 4.74 Å². The number of benzene rings is 1. The molecule has 0 bridgehead atoms. The largest absolute Gasteiger partial charge is 0.452 e. The van der Waals surface area contributed by atoms with Crippen LogP contribution in [0.15, 0.2) is 28.7 Å². The van der Waals surface area contributed by atoms with E-state index in [0.29, 0.717) is 5.56 Å². The van der Waals surface area contributed by atoms with Crippen molar-refractivity contribution in [2.75, 3.05) is 6.54 Å². The molecule has 0 spiro atoms. The van der Waals surface area contributed by atoms with Gasteiger partial charge < -0.3 is 15.4 Å². The van der Waals surface area contributed by atoms with Gasteiger partial charge in [-0.05, 0) is 45.0 Å². The molecule has 0 saturated carbocycles. The first-order valence-electron chi connectivity index (χ1n) is 7.33. The SMILES string of the molecule is CC(C)NC(=O)[C@@H](C)OC(=O)CCNC(=O)c1ccc(Br)cc1. The van der Waals surface area contributed by atoms with Crippen LogP contribution >= 0.6 is 15.9 Å². The van der Waals surface area contributed by atoms with Gasteiger partial charge in [0.15, 0.2) is 6.10 Å². The van der Waals surface area contributed by atoms with E-state index >= 15 is 0 Å². The van der Waals surface area contributed by atoms with Crippen molar-refractivity contribution in [1.82, 2.24) is 10.6 Å². The van der Waals surface area contributed by atoms with Crippen molar-refractivity contribution in [2.45, 2.75) is 39.3 Å². The molecule has 0 aliphatic rings. The van der Waals surface area contributed by atoms with Crippen LogP contribution in [0.4, 0.5) is 0 Å². The summed E-state index contributed by atoms with van der Waals surface area (Å²) in [5.74, 6) is -1.14. The predicted octanol–water partition coefficient (Wildman–Crippen LogP) is 2.03. The minimum absolute atomic E-state index is 0.00155. The minimum Gasteiger partial charge on any atom is -0.452 e. The van der Waals surface area contributed by atoms with Crippen molar-refractivity contribution in [3.63, 3.8) is 0 Å². The van der Waals surface area contributed by atoms with Crippen molar-refractivity contribution in [2.24, 2.45) is 0 Å². The topological polar surface area (TPSA) is 84.5 Å². The molecular weight excluding hydrogens is 364 g/mol. The first kappa shape index (κ1) is 19.2. The van der Waals surface area contributed by atoms with Gasteiger partial charge in [-0.25, -0.2) is 0 Å². The van der Waals surface area contributed by atoms with E-state index in [9.17, 15) is 14.4 Å².